The van der Waals surface area contributed by atoms with Gasteiger partial charge in [-0.2, -0.15) is 11.8 Å². The summed E-state index contributed by atoms with van der Waals surface area (Å²) in [6.45, 7) is 2.16. The van der Waals surface area contributed by atoms with E-state index >= 15 is 0 Å². The van der Waals surface area contributed by atoms with Gasteiger partial charge in [0, 0.05) is 11.5 Å². The largest absolute Gasteiger partial charge is 0.153 e. The lowest BCUT2D eigenvalue weighted by Gasteiger charge is -2.06. The molecule has 1 aromatic rings. The molecule has 0 aliphatic carbocycles. The smallest absolute Gasteiger partial charge is 0.0269 e. The van der Waals surface area contributed by atoms with E-state index in [0.29, 0.717) is 5.25 Å². The van der Waals surface area contributed by atoms with E-state index in [-0.39, 0.29) is 0 Å². The Hall–Kier alpha value is -0.430. The molecule has 0 nitrogen and oxygen atoms in total. The van der Waals surface area contributed by atoms with Crippen molar-refractivity contribution in [3.8, 4) is 0 Å². The summed E-state index contributed by atoms with van der Waals surface area (Å²) in [5.41, 5.74) is 1.35. The monoisotopic (exact) mass is 151 g/mol. The Bertz CT molecular complexity index is 181. The van der Waals surface area contributed by atoms with E-state index in [9.17, 15) is 0 Å². The van der Waals surface area contributed by atoms with Crippen molar-refractivity contribution in [1.29, 1.82) is 0 Å². The lowest BCUT2D eigenvalue weighted by Crippen LogP contribution is -1.83. The molecule has 1 rings (SSSR count). The van der Waals surface area contributed by atoms with Gasteiger partial charge in [-0.1, -0.05) is 30.3 Å². The second-order valence-corrected chi connectivity index (χ2v) is 3.26. The normalized spacial score (nSPS) is 13.0. The van der Waals surface area contributed by atoms with Gasteiger partial charge in [-0.15, -0.1) is 0 Å². The number of benzene rings is 1. The first-order valence-corrected chi connectivity index (χ1v) is 4.35. The van der Waals surface area contributed by atoms with Gasteiger partial charge in [-0.05, 0) is 12.5 Å². The van der Waals surface area contributed by atoms with Crippen LogP contribution in [0, 0.1) is 6.26 Å². The van der Waals surface area contributed by atoms with Gasteiger partial charge in [-0.3, -0.25) is 0 Å². The van der Waals surface area contributed by atoms with Gasteiger partial charge in [0.15, 0.2) is 0 Å². The Kier molecular flexibility index (Phi) is 2.82. The van der Waals surface area contributed by atoms with Gasteiger partial charge in [0.05, 0.1) is 0 Å². The number of hydrogen-bond acceptors (Lipinski definition) is 1. The maximum absolute atomic E-state index is 3.78. The highest BCUT2D eigenvalue weighted by molar-refractivity contribution is 8.00. The Balaban J connectivity index is 2.75. The molecule has 0 fully saturated rings. The van der Waals surface area contributed by atoms with E-state index in [4.69, 9.17) is 0 Å². The van der Waals surface area contributed by atoms with Crippen LogP contribution in [0.2, 0.25) is 0 Å². The molecule has 1 unspecified atom stereocenters. The van der Waals surface area contributed by atoms with E-state index < -0.39 is 0 Å². The molecule has 0 saturated heterocycles. The molecule has 53 valence electrons. The lowest BCUT2D eigenvalue weighted by molar-refractivity contribution is 1.11. The molecule has 0 bridgehead atoms. The quantitative estimate of drug-likeness (QED) is 0.625. The zero-order valence-electron chi connectivity index (χ0n) is 6.08. The van der Waals surface area contributed by atoms with Crippen LogP contribution < -0.4 is 0 Å². The van der Waals surface area contributed by atoms with E-state index in [1.54, 1.807) is 11.8 Å². The fraction of sp³-hybridized carbons (Fsp3) is 0.222. The third-order valence-electron chi connectivity index (χ3n) is 1.52. The molecule has 0 spiro atoms. The van der Waals surface area contributed by atoms with Crippen molar-refractivity contribution in [3.05, 3.63) is 42.2 Å². The van der Waals surface area contributed by atoms with Crippen LogP contribution >= 0.6 is 11.8 Å². The molecule has 0 amide bonds. The fourth-order valence-electron chi connectivity index (χ4n) is 0.820. The number of hydrogen-bond donors (Lipinski definition) is 0. The third kappa shape index (κ3) is 1.77. The van der Waals surface area contributed by atoms with Crippen molar-refractivity contribution in [2.75, 3.05) is 0 Å². The highest BCUT2D eigenvalue weighted by atomic mass is 32.2. The van der Waals surface area contributed by atoms with Crippen LogP contribution in [-0.2, 0) is 0 Å². The second kappa shape index (κ2) is 3.67. The Labute approximate surface area is 66.6 Å². The molecule has 0 aliphatic heterocycles. The first-order chi connectivity index (χ1) is 4.84. The second-order valence-electron chi connectivity index (χ2n) is 2.22. The van der Waals surface area contributed by atoms with Gasteiger partial charge in [0.25, 0.3) is 0 Å². The zero-order chi connectivity index (χ0) is 7.40. The van der Waals surface area contributed by atoms with Crippen molar-refractivity contribution < 1.29 is 0 Å². The Morgan fingerprint density at radius 1 is 1.30 bits per heavy atom. The van der Waals surface area contributed by atoms with E-state index in [1.807, 2.05) is 6.07 Å². The first kappa shape index (κ1) is 7.67. The van der Waals surface area contributed by atoms with E-state index in [2.05, 4.69) is 37.4 Å². The van der Waals surface area contributed by atoms with Crippen LogP contribution in [0.5, 0.6) is 0 Å². The van der Waals surface area contributed by atoms with Crippen LogP contribution in [0.15, 0.2) is 30.3 Å². The summed E-state index contributed by atoms with van der Waals surface area (Å²) < 4.78 is 0. The highest BCUT2D eigenvalue weighted by Gasteiger charge is 1.99. The molecule has 0 aromatic heterocycles. The van der Waals surface area contributed by atoms with Crippen LogP contribution in [0.1, 0.15) is 17.7 Å². The SMILES string of the molecule is [CH2]SC(C)c1ccccc1. The standard InChI is InChI=1S/C9H11S/c1-8(10-2)9-6-4-3-5-7-9/h3-8H,2H2,1H3. The average Bonchev–Trinajstić information content (AvgIpc) is 2.05. The predicted molar refractivity (Wildman–Crippen MR) is 47.8 cm³/mol. The molecule has 1 atom stereocenters. The summed E-state index contributed by atoms with van der Waals surface area (Å²) in [7, 11) is 0. The summed E-state index contributed by atoms with van der Waals surface area (Å²) in [5, 5.41) is 0.515. The van der Waals surface area contributed by atoms with Crippen molar-refractivity contribution in [3.63, 3.8) is 0 Å². The topological polar surface area (TPSA) is 0 Å². The van der Waals surface area contributed by atoms with E-state index in [1.165, 1.54) is 5.56 Å². The van der Waals surface area contributed by atoms with Crippen molar-refractivity contribution in [1.82, 2.24) is 0 Å². The summed E-state index contributed by atoms with van der Waals surface area (Å²) in [5.74, 6) is 0. The molecule has 10 heavy (non-hydrogen) atoms. The van der Waals surface area contributed by atoms with Crippen LogP contribution in [-0.4, -0.2) is 0 Å². The van der Waals surface area contributed by atoms with Crippen LogP contribution in [0.4, 0.5) is 0 Å². The van der Waals surface area contributed by atoms with Crippen LogP contribution in [0.3, 0.4) is 0 Å². The summed E-state index contributed by atoms with van der Waals surface area (Å²) in [6, 6.07) is 10.4. The Morgan fingerprint density at radius 2 is 1.90 bits per heavy atom. The minimum Gasteiger partial charge on any atom is -0.153 e. The van der Waals surface area contributed by atoms with Gasteiger partial charge < -0.3 is 0 Å². The third-order valence-corrected chi connectivity index (χ3v) is 2.29. The maximum atomic E-state index is 3.78. The molecule has 0 aliphatic rings. The molecule has 0 saturated carbocycles. The van der Waals surface area contributed by atoms with Gasteiger partial charge in [0.1, 0.15) is 0 Å². The van der Waals surface area contributed by atoms with Gasteiger partial charge in [-0.25, -0.2) is 0 Å². The molecule has 1 radical (unpaired) electrons. The summed E-state index contributed by atoms with van der Waals surface area (Å²) in [6.07, 6.45) is 3.78. The van der Waals surface area contributed by atoms with Crippen LogP contribution in [0.25, 0.3) is 0 Å². The Morgan fingerprint density at radius 3 is 2.40 bits per heavy atom. The number of thioether (sulfide) groups is 1. The molecule has 0 heterocycles. The van der Waals surface area contributed by atoms with Crippen molar-refractivity contribution >= 4 is 11.8 Å². The van der Waals surface area contributed by atoms with Crippen molar-refractivity contribution in [2.45, 2.75) is 12.2 Å². The average molecular weight is 151 g/mol. The van der Waals surface area contributed by atoms with E-state index in [0.717, 1.165) is 0 Å². The maximum Gasteiger partial charge on any atom is 0.0269 e. The predicted octanol–water partition coefficient (Wildman–Crippen LogP) is 3.27. The summed E-state index contributed by atoms with van der Waals surface area (Å²) >= 11 is 1.63. The molecule has 1 heteroatoms. The summed E-state index contributed by atoms with van der Waals surface area (Å²) in [4.78, 5) is 0. The van der Waals surface area contributed by atoms with Gasteiger partial charge in [0.2, 0.25) is 0 Å². The van der Waals surface area contributed by atoms with Crippen molar-refractivity contribution in [2.24, 2.45) is 0 Å². The molecule has 0 N–H and O–H groups in total. The fourth-order valence-corrected chi connectivity index (χ4v) is 1.17. The zero-order valence-corrected chi connectivity index (χ0v) is 6.90. The number of rotatable bonds is 2. The minimum absolute atomic E-state index is 0.515. The lowest BCUT2D eigenvalue weighted by atomic mass is 10.2. The molecular formula is C9H11S. The first-order valence-electron chi connectivity index (χ1n) is 3.30. The molecule has 1 aromatic carbocycles. The molecular weight excluding hydrogens is 140 g/mol. The van der Waals surface area contributed by atoms with Gasteiger partial charge >= 0.3 is 0 Å². The highest BCUT2D eigenvalue weighted by Crippen LogP contribution is 2.25. The minimum atomic E-state index is 0.515.